The number of benzene rings is 2. The van der Waals surface area contributed by atoms with Crippen LogP contribution in [0.3, 0.4) is 0 Å². The number of hydrogen-bond donors (Lipinski definition) is 2. The van der Waals surface area contributed by atoms with Crippen LogP contribution in [0.25, 0.3) is 0 Å². The van der Waals surface area contributed by atoms with Gasteiger partial charge in [0.2, 0.25) is 0 Å². The van der Waals surface area contributed by atoms with E-state index >= 15 is 0 Å². The molecule has 0 spiro atoms. The molecule has 0 fully saturated rings. The van der Waals surface area contributed by atoms with E-state index < -0.39 is 0 Å². The number of aromatic nitrogens is 3. The van der Waals surface area contributed by atoms with Crippen molar-refractivity contribution in [3.05, 3.63) is 84.2 Å². The number of nitrogens with zero attached hydrogens (tertiary/aromatic N) is 2. The largest absolute Gasteiger partial charge is 0.320 e. The second-order valence-corrected chi connectivity index (χ2v) is 3.96. The fourth-order valence-corrected chi connectivity index (χ4v) is 1.68. The van der Waals surface area contributed by atoms with E-state index in [0.29, 0.717) is 0 Å². The monoisotopic (exact) mass is 252 g/mol. The summed E-state index contributed by atoms with van der Waals surface area (Å²) < 4.78 is 0. The molecule has 4 heteroatoms. The molecule has 0 aliphatic heterocycles. The SMILES string of the molecule is NC(c1ccccc1)c1ccccc1.c1cn[nH]n1. The van der Waals surface area contributed by atoms with Gasteiger partial charge in [0.05, 0.1) is 18.4 Å². The van der Waals surface area contributed by atoms with Gasteiger partial charge in [-0.2, -0.15) is 15.4 Å². The smallest absolute Gasteiger partial charge is 0.0690 e. The number of rotatable bonds is 2. The molecule has 0 bridgehead atoms. The van der Waals surface area contributed by atoms with Gasteiger partial charge in [-0.3, -0.25) is 0 Å². The number of H-pyrrole nitrogens is 1. The molecule has 1 aromatic heterocycles. The van der Waals surface area contributed by atoms with Crippen LogP contribution < -0.4 is 5.73 Å². The van der Waals surface area contributed by atoms with Crippen LogP contribution in [0.1, 0.15) is 17.2 Å². The van der Waals surface area contributed by atoms with Crippen LogP contribution in [-0.4, -0.2) is 15.4 Å². The second kappa shape index (κ2) is 7.08. The predicted molar refractivity (Wildman–Crippen MR) is 75.3 cm³/mol. The first-order valence-corrected chi connectivity index (χ1v) is 6.03. The zero-order chi connectivity index (χ0) is 13.3. The van der Waals surface area contributed by atoms with E-state index in [2.05, 4.69) is 39.7 Å². The molecule has 0 atom stereocenters. The molecule has 4 nitrogen and oxygen atoms in total. The van der Waals surface area contributed by atoms with E-state index in [-0.39, 0.29) is 6.04 Å². The van der Waals surface area contributed by atoms with E-state index in [4.69, 9.17) is 5.73 Å². The third kappa shape index (κ3) is 4.04. The molecule has 0 aliphatic carbocycles. The quantitative estimate of drug-likeness (QED) is 0.736. The summed E-state index contributed by atoms with van der Waals surface area (Å²) >= 11 is 0. The molecule has 1 heterocycles. The molecule has 96 valence electrons. The van der Waals surface area contributed by atoms with Crippen molar-refractivity contribution < 1.29 is 0 Å². The normalized spacial score (nSPS) is 9.79. The molecule has 0 amide bonds. The first-order valence-electron chi connectivity index (χ1n) is 6.03. The van der Waals surface area contributed by atoms with Crippen molar-refractivity contribution in [2.24, 2.45) is 5.73 Å². The van der Waals surface area contributed by atoms with Crippen molar-refractivity contribution in [3.63, 3.8) is 0 Å². The van der Waals surface area contributed by atoms with E-state index in [9.17, 15) is 0 Å². The van der Waals surface area contributed by atoms with Crippen molar-refractivity contribution in [1.29, 1.82) is 0 Å². The zero-order valence-electron chi connectivity index (χ0n) is 10.5. The molecule has 3 N–H and O–H groups in total. The Balaban J connectivity index is 0.000000224. The van der Waals surface area contributed by atoms with E-state index in [1.54, 1.807) is 12.4 Å². The molecular weight excluding hydrogens is 236 g/mol. The lowest BCUT2D eigenvalue weighted by atomic mass is 10.00. The number of nitrogens with one attached hydrogen (secondary N) is 1. The minimum atomic E-state index is -0.0163. The molecule has 3 rings (SSSR count). The Morgan fingerprint density at radius 2 is 1.16 bits per heavy atom. The molecule has 0 unspecified atom stereocenters. The van der Waals surface area contributed by atoms with Crippen LogP contribution in [0.15, 0.2) is 73.1 Å². The maximum absolute atomic E-state index is 6.12. The highest BCUT2D eigenvalue weighted by Gasteiger charge is 2.06. The summed E-state index contributed by atoms with van der Waals surface area (Å²) in [6, 6.07) is 20.2. The molecule has 2 aromatic carbocycles. The number of aromatic amines is 1. The molecule has 3 aromatic rings. The second-order valence-electron chi connectivity index (χ2n) is 3.96. The van der Waals surface area contributed by atoms with Crippen LogP contribution in [0.2, 0.25) is 0 Å². The highest BCUT2D eigenvalue weighted by atomic mass is 15.3. The van der Waals surface area contributed by atoms with Crippen molar-refractivity contribution in [1.82, 2.24) is 15.4 Å². The molecule has 0 saturated carbocycles. The van der Waals surface area contributed by atoms with Crippen LogP contribution in [-0.2, 0) is 0 Å². The molecule has 0 radical (unpaired) electrons. The number of hydrogen-bond acceptors (Lipinski definition) is 3. The average molecular weight is 252 g/mol. The van der Waals surface area contributed by atoms with Gasteiger partial charge in [0.1, 0.15) is 0 Å². The lowest BCUT2D eigenvalue weighted by Gasteiger charge is -2.11. The Bertz CT molecular complexity index is 493. The lowest BCUT2D eigenvalue weighted by Crippen LogP contribution is -2.11. The Morgan fingerprint density at radius 1 is 0.737 bits per heavy atom. The van der Waals surface area contributed by atoms with Gasteiger partial charge in [-0.05, 0) is 11.1 Å². The average Bonchev–Trinajstić information content (AvgIpc) is 3.08. The minimum absolute atomic E-state index is 0.0163. The summed E-state index contributed by atoms with van der Waals surface area (Å²) in [4.78, 5) is 0. The van der Waals surface area contributed by atoms with Gasteiger partial charge in [0.25, 0.3) is 0 Å². The fraction of sp³-hybridized carbons (Fsp3) is 0.0667. The third-order valence-corrected chi connectivity index (χ3v) is 2.65. The van der Waals surface area contributed by atoms with Crippen LogP contribution in [0.4, 0.5) is 0 Å². The standard InChI is InChI=1S/C13H13N.C2H3N3/c14-13(11-7-3-1-4-8-11)12-9-5-2-6-10-12;1-2-4-5-3-1/h1-10,13H,14H2;1-2H,(H,3,4,5). The third-order valence-electron chi connectivity index (χ3n) is 2.65. The summed E-state index contributed by atoms with van der Waals surface area (Å²) in [7, 11) is 0. The highest BCUT2D eigenvalue weighted by molar-refractivity contribution is 5.30. The summed E-state index contributed by atoms with van der Waals surface area (Å²) in [6.45, 7) is 0. The molecule has 19 heavy (non-hydrogen) atoms. The van der Waals surface area contributed by atoms with Gasteiger partial charge in [-0.25, -0.2) is 0 Å². The topological polar surface area (TPSA) is 67.6 Å². The predicted octanol–water partition coefficient (Wildman–Crippen LogP) is 2.54. The molecule has 0 aliphatic rings. The van der Waals surface area contributed by atoms with Gasteiger partial charge in [-0.15, -0.1) is 0 Å². The van der Waals surface area contributed by atoms with Gasteiger partial charge < -0.3 is 5.73 Å². The van der Waals surface area contributed by atoms with Crippen molar-refractivity contribution in [2.75, 3.05) is 0 Å². The molecular formula is C15H16N4. The summed E-state index contributed by atoms with van der Waals surface area (Å²) in [6.07, 6.45) is 3.17. The zero-order valence-corrected chi connectivity index (χ0v) is 10.5. The van der Waals surface area contributed by atoms with Gasteiger partial charge in [0.15, 0.2) is 0 Å². The Kier molecular flexibility index (Phi) is 4.84. The Labute approximate surface area is 112 Å². The van der Waals surface area contributed by atoms with Crippen LogP contribution in [0, 0.1) is 0 Å². The van der Waals surface area contributed by atoms with Crippen molar-refractivity contribution >= 4 is 0 Å². The fourth-order valence-electron chi connectivity index (χ4n) is 1.68. The summed E-state index contributed by atoms with van der Waals surface area (Å²) in [5.41, 5.74) is 8.42. The number of nitrogens with two attached hydrogens (primary N) is 1. The first kappa shape index (κ1) is 13.0. The Morgan fingerprint density at radius 3 is 1.47 bits per heavy atom. The van der Waals surface area contributed by atoms with Gasteiger partial charge in [0, 0.05) is 0 Å². The lowest BCUT2D eigenvalue weighted by molar-refractivity contribution is 0.871. The van der Waals surface area contributed by atoms with Crippen LogP contribution >= 0.6 is 0 Å². The van der Waals surface area contributed by atoms with Gasteiger partial charge in [-0.1, -0.05) is 60.7 Å². The van der Waals surface area contributed by atoms with Crippen molar-refractivity contribution in [2.45, 2.75) is 6.04 Å². The van der Waals surface area contributed by atoms with E-state index in [0.717, 1.165) is 11.1 Å². The summed E-state index contributed by atoms with van der Waals surface area (Å²) in [5, 5.41) is 9.33. The minimum Gasteiger partial charge on any atom is -0.320 e. The molecule has 0 saturated heterocycles. The highest BCUT2D eigenvalue weighted by Crippen LogP contribution is 2.18. The van der Waals surface area contributed by atoms with E-state index in [1.165, 1.54) is 0 Å². The van der Waals surface area contributed by atoms with Crippen molar-refractivity contribution in [3.8, 4) is 0 Å². The van der Waals surface area contributed by atoms with E-state index in [1.807, 2.05) is 36.4 Å². The van der Waals surface area contributed by atoms with Crippen LogP contribution in [0.5, 0.6) is 0 Å². The Hall–Kier alpha value is -2.46. The maximum Gasteiger partial charge on any atom is 0.0690 e. The van der Waals surface area contributed by atoms with Gasteiger partial charge >= 0.3 is 0 Å². The maximum atomic E-state index is 6.12. The summed E-state index contributed by atoms with van der Waals surface area (Å²) in [5.74, 6) is 0. The first-order chi connectivity index (χ1) is 9.38.